The third kappa shape index (κ3) is 5.66. The molecule has 2 atom stereocenters. The van der Waals surface area contributed by atoms with Crippen molar-refractivity contribution in [3.8, 4) is 0 Å². The van der Waals surface area contributed by atoms with Gasteiger partial charge in [-0.25, -0.2) is 0 Å². The molecule has 0 unspecified atom stereocenters. The van der Waals surface area contributed by atoms with Crippen LogP contribution in [0.1, 0.15) is 35.7 Å². The Kier molecular flexibility index (Phi) is 6.60. The van der Waals surface area contributed by atoms with E-state index in [4.69, 9.17) is 0 Å². The van der Waals surface area contributed by atoms with Gasteiger partial charge in [-0.3, -0.25) is 9.59 Å². The third-order valence-electron chi connectivity index (χ3n) is 4.95. The van der Waals surface area contributed by atoms with Crippen molar-refractivity contribution in [1.29, 1.82) is 0 Å². The number of hydrogen-bond acceptors (Lipinski definition) is 3. The Hall–Kier alpha value is -2.66. The molecule has 0 aromatic heterocycles. The van der Waals surface area contributed by atoms with Gasteiger partial charge >= 0.3 is 0 Å². The molecule has 0 saturated carbocycles. The van der Waals surface area contributed by atoms with E-state index in [1.807, 2.05) is 30.3 Å². The molecule has 142 valence electrons. The van der Waals surface area contributed by atoms with Gasteiger partial charge in [0.05, 0.1) is 0 Å². The summed E-state index contributed by atoms with van der Waals surface area (Å²) < 4.78 is 0. The lowest BCUT2D eigenvalue weighted by Crippen LogP contribution is -2.40. The molecule has 1 saturated heterocycles. The van der Waals surface area contributed by atoms with Crippen LogP contribution in [0.2, 0.25) is 0 Å². The predicted molar refractivity (Wildman–Crippen MR) is 108 cm³/mol. The first-order chi connectivity index (χ1) is 13.1. The molecule has 0 radical (unpaired) electrons. The first-order valence-electron chi connectivity index (χ1n) is 9.58. The molecule has 5 nitrogen and oxygen atoms in total. The molecule has 2 aromatic rings. The summed E-state index contributed by atoms with van der Waals surface area (Å²) in [6, 6.07) is 17.5. The molecule has 5 heteroatoms. The molecule has 0 bridgehead atoms. The minimum Gasteiger partial charge on any atom is -0.352 e. The number of benzene rings is 2. The van der Waals surface area contributed by atoms with Crippen molar-refractivity contribution in [3.63, 3.8) is 0 Å². The second-order valence-corrected chi connectivity index (χ2v) is 7.13. The SMILES string of the molecule is C[C@H]1C[C@@H](C(=O)Nc2ccc(C(=O)NCCc3ccccc3)cc2)CCN1. The highest BCUT2D eigenvalue weighted by Crippen LogP contribution is 2.19. The van der Waals surface area contributed by atoms with Crippen molar-refractivity contribution in [3.05, 3.63) is 65.7 Å². The van der Waals surface area contributed by atoms with E-state index in [9.17, 15) is 9.59 Å². The van der Waals surface area contributed by atoms with E-state index in [1.165, 1.54) is 5.56 Å². The van der Waals surface area contributed by atoms with E-state index in [1.54, 1.807) is 24.3 Å². The lowest BCUT2D eigenvalue weighted by molar-refractivity contribution is -0.120. The Morgan fingerprint density at radius 2 is 1.81 bits per heavy atom. The molecule has 1 aliphatic heterocycles. The van der Waals surface area contributed by atoms with Crippen LogP contribution in [-0.4, -0.2) is 30.9 Å². The van der Waals surface area contributed by atoms with E-state index in [2.05, 4.69) is 22.9 Å². The summed E-state index contributed by atoms with van der Waals surface area (Å²) in [7, 11) is 0. The van der Waals surface area contributed by atoms with Crippen molar-refractivity contribution >= 4 is 17.5 Å². The average Bonchev–Trinajstić information content (AvgIpc) is 2.69. The number of amides is 2. The van der Waals surface area contributed by atoms with Crippen molar-refractivity contribution in [2.75, 3.05) is 18.4 Å². The normalized spacial score (nSPS) is 19.3. The fourth-order valence-electron chi connectivity index (χ4n) is 3.39. The summed E-state index contributed by atoms with van der Waals surface area (Å²) in [6.45, 7) is 3.57. The van der Waals surface area contributed by atoms with Gasteiger partial charge in [0.1, 0.15) is 0 Å². The van der Waals surface area contributed by atoms with E-state index < -0.39 is 0 Å². The van der Waals surface area contributed by atoms with Crippen molar-refractivity contribution in [2.24, 2.45) is 5.92 Å². The molecule has 0 spiro atoms. The molecule has 3 rings (SSSR count). The van der Waals surface area contributed by atoms with Gasteiger partial charge in [-0.1, -0.05) is 30.3 Å². The zero-order chi connectivity index (χ0) is 19.1. The summed E-state index contributed by atoms with van der Waals surface area (Å²) in [5.41, 5.74) is 2.52. The van der Waals surface area contributed by atoms with Crippen LogP contribution in [0.3, 0.4) is 0 Å². The number of hydrogen-bond donors (Lipinski definition) is 3. The van der Waals surface area contributed by atoms with Crippen LogP contribution < -0.4 is 16.0 Å². The van der Waals surface area contributed by atoms with Gasteiger partial charge in [-0.05, 0) is 62.6 Å². The molecule has 0 aliphatic carbocycles. The lowest BCUT2D eigenvalue weighted by atomic mass is 9.92. The molecule has 2 aromatic carbocycles. The van der Waals surface area contributed by atoms with E-state index in [-0.39, 0.29) is 17.7 Å². The highest BCUT2D eigenvalue weighted by Gasteiger charge is 2.24. The quantitative estimate of drug-likeness (QED) is 0.737. The second-order valence-electron chi connectivity index (χ2n) is 7.13. The van der Waals surface area contributed by atoms with Crippen LogP contribution in [-0.2, 0) is 11.2 Å². The fourth-order valence-corrected chi connectivity index (χ4v) is 3.39. The maximum Gasteiger partial charge on any atom is 0.251 e. The van der Waals surface area contributed by atoms with Crippen LogP contribution in [0.5, 0.6) is 0 Å². The molecule has 1 fully saturated rings. The van der Waals surface area contributed by atoms with E-state index in [0.29, 0.717) is 18.2 Å². The van der Waals surface area contributed by atoms with Gasteiger partial charge in [0.25, 0.3) is 5.91 Å². The van der Waals surface area contributed by atoms with Crippen LogP contribution in [0.15, 0.2) is 54.6 Å². The molecular formula is C22H27N3O2. The maximum absolute atomic E-state index is 12.4. The van der Waals surface area contributed by atoms with Crippen LogP contribution in [0, 0.1) is 5.92 Å². The lowest BCUT2D eigenvalue weighted by Gasteiger charge is -2.27. The molecule has 1 heterocycles. The maximum atomic E-state index is 12.4. The van der Waals surface area contributed by atoms with Crippen LogP contribution in [0.4, 0.5) is 5.69 Å². The number of rotatable bonds is 6. The van der Waals surface area contributed by atoms with Crippen molar-refractivity contribution in [1.82, 2.24) is 10.6 Å². The zero-order valence-corrected chi connectivity index (χ0v) is 15.7. The predicted octanol–water partition coefficient (Wildman–Crippen LogP) is 2.99. The van der Waals surface area contributed by atoms with Crippen molar-refractivity contribution in [2.45, 2.75) is 32.2 Å². The first kappa shape index (κ1) is 19.1. The van der Waals surface area contributed by atoms with E-state index >= 15 is 0 Å². The molecule has 27 heavy (non-hydrogen) atoms. The minimum atomic E-state index is -0.101. The number of carbonyl (C=O) groups is 2. The molecule has 2 amide bonds. The summed E-state index contributed by atoms with van der Waals surface area (Å²) in [5.74, 6) is 0.00149. The third-order valence-corrected chi connectivity index (χ3v) is 4.95. The molecule has 1 aliphatic rings. The molecular weight excluding hydrogens is 338 g/mol. The highest BCUT2D eigenvalue weighted by molar-refractivity contribution is 5.96. The monoisotopic (exact) mass is 365 g/mol. The van der Waals surface area contributed by atoms with Gasteiger partial charge in [-0.15, -0.1) is 0 Å². The number of piperidine rings is 1. The summed E-state index contributed by atoms with van der Waals surface area (Å²) >= 11 is 0. The summed E-state index contributed by atoms with van der Waals surface area (Å²) in [5, 5.41) is 9.25. The average molecular weight is 365 g/mol. The number of anilines is 1. The highest BCUT2D eigenvalue weighted by atomic mass is 16.2. The standard InChI is InChI=1S/C22H27N3O2/c1-16-15-19(12-14-23-16)22(27)25-20-9-7-18(8-10-20)21(26)24-13-11-17-5-3-2-4-6-17/h2-10,16,19,23H,11-15H2,1H3,(H,24,26)(H,25,27)/t16-,19-/m0/s1. The van der Waals surface area contributed by atoms with Crippen molar-refractivity contribution < 1.29 is 9.59 Å². The first-order valence-corrected chi connectivity index (χ1v) is 9.58. The van der Waals surface area contributed by atoms with Crippen LogP contribution in [0.25, 0.3) is 0 Å². The Morgan fingerprint density at radius 1 is 1.07 bits per heavy atom. The second kappa shape index (κ2) is 9.33. The zero-order valence-electron chi connectivity index (χ0n) is 15.7. The Labute approximate surface area is 160 Å². The number of nitrogens with one attached hydrogen (secondary N) is 3. The summed E-state index contributed by atoms with van der Waals surface area (Å²) in [4.78, 5) is 24.6. The van der Waals surface area contributed by atoms with Gasteiger partial charge < -0.3 is 16.0 Å². The van der Waals surface area contributed by atoms with Crippen LogP contribution >= 0.6 is 0 Å². The topological polar surface area (TPSA) is 70.2 Å². The van der Waals surface area contributed by atoms with Gasteiger partial charge in [0.15, 0.2) is 0 Å². The van der Waals surface area contributed by atoms with Gasteiger partial charge in [-0.2, -0.15) is 0 Å². The fraction of sp³-hybridized carbons (Fsp3) is 0.364. The Balaban J connectivity index is 1.47. The van der Waals surface area contributed by atoms with Gasteiger partial charge in [0.2, 0.25) is 5.91 Å². The van der Waals surface area contributed by atoms with E-state index in [0.717, 1.165) is 31.5 Å². The molecule has 3 N–H and O–H groups in total. The smallest absolute Gasteiger partial charge is 0.251 e. The largest absolute Gasteiger partial charge is 0.352 e. The number of carbonyl (C=O) groups excluding carboxylic acids is 2. The van der Waals surface area contributed by atoms with Gasteiger partial charge in [0, 0.05) is 29.8 Å². The minimum absolute atomic E-state index is 0.0437. The summed E-state index contributed by atoms with van der Waals surface area (Å²) in [6.07, 6.45) is 2.52. The Morgan fingerprint density at radius 3 is 2.52 bits per heavy atom. The Bertz CT molecular complexity index is 759.